The van der Waals surface area contributed by atoms with Crippen molar-refractivity contribution in [1.29, 1.82) is 0 Å². The van der Waals surface area contributed by atoms with Gasteiger partial charge in [0.15, 0.2) is 0 Å². The molecule has 4 atom stereocenters. The van der Waals surface area contributed by atoms with Gasteiger partial charge in [-0.1, -0.05) is 18.6 Å². The molecule has 116 valence electrons. The van der Waals surface area contributed by atoms with Crippen molar-refractivity contribution in [2.45, 2.75) is 52.0 Å². The van der Waals surface area contributed by atoms with Gasteiger partial charge in [-0.25, -0.2) is 0 Å². The van der Waals surface area contributed by atoms with Crippen LogP contribution in [0.25, 0.3) is 0 Å². The number of ether oxygens (including phenoxy) is 1. The predicted octanol–water partition coefficient (Wildman–Crippen LogP) is 3.64. The van der Waals surface area contributed by atoms with Crippen molar-refractivity contribution < 1.29 is 4.74 Å². The molecule has 1 aromatic rings. The molecule has 21 heavy (non-hydrogen) atoms. The van der Waals surface area contributed by atoms with Crippen LogP contribution in [0.15, 0.2) is 12.1 Å². The van der Waals surface area contributed by atoms with E-state index in [9.17, 15) is 0 Å². The molecule has 4 unspecified atom stereocenters. The van der Waals surface area contributed by atoms with E-state index >= 15 is 0 Å². The summed E-state index contributed by atoms with van der Waals surface area (Å²) in [6.07, 6.45) is 6.87. The largest absolute Gasteiger partial charge is 0.496 e. The molecule has 3 nitrogen and oxygen atoms in total. The summed E-state index contributed by atoms with van der Waals surface area (Å²) in [6, 6.07) is 4.56. The molecule has 0 heterocycles. The van der Waals surface area contributed by atoms with Crippen LogP contribution in [0.1, 0.15) is 54.8 Å². The predicted molar refractivity (Wildman–Crippen MR) is 86.1 cm³/mol. The fraction of sp³-hybridized carbons (Fsp3) is 0.667. The van der Waals surface area contributed by atoms with Gasteiger partial charge in [0.25, 0.3) is 0 Å². The van der Waals surface area contributed by atoms with Gasteiger partial charge < -0.3 is 4.74 Å². The zero-order valence-electron chi connectivity index (χ0n) is 13.5. The minimum Gasteiger partial charge on any atom is -0.496 e. The van der Waals surface area contributed by atoms with Crippen molar-refractivity contribution in [1.82, 2.24) is 5.43 Å². The Bertz CT molecular complexity index is 514. The minimum absolute atomic E-state index is 0.198. The molecule has 2 fully saturated rings. The molecular formula is C18H28N2O. The number of nitrogens with one attached hydrogen (secondary N) is 1. The molecule has 0 aromatic heterocycles. The lowest BCUT2D eigenvalue weighted by Crippen LogP contribution is -2.31. The Morgan fingerprint density at radius 1 is 1.29 bits per heavy atom. The molecule has 0 radical (unpaired) electrons. The quantitative estimate of drug-likeness (QED) is 0.642. The van der Waals surface area contributed by atoms with Crippen LogP contribution in [0.4, 0.5) is 0 Å². The van der Waals surface area contributed by atoms with Gasteiger partial charge >= 0.3 is 0 Å². The molecular weight excluding hydrogens is 260 g/mol. The summed E-state index contributed by atoms with van der Waals surface area (Å²) < 4.78 is 5.67. The fourth-order valence-corrected chi connectivity index (χ4v) is 4.61. The first kappa shape index (κ1) is 14.9. The van der Waals surface area contributed by atoms with E-state index in [4.69, 9.17) is 10.6 Å². The summed E-state index contributed by atoms with van der Waals surface area (Å²) in [4.78, 5) is 0. The zero-order chi connectivity index (χ0) is 15.0. The second kappa shape index (κ2) is 5.98. The number of hydrogen-bond acceptors (Lipinski definition) is 3. The molecule has 0 aliphatic heterocycles. The third kappa shape index (κ3) is 2.69. The molecule has 2 aliphatic rings. The van der Waals surface area contributed by atoms with E-state index < -0.39 is 0 Å². The number of benzene rings is 1. The lowest BCUT2D eigenvalue weighted by atomic mass is 9.82. The van der Waals surface area contributed by atoms with E-state index in [1.807, 2.05) is 0 Å². The van der Waals surface area contributed by atoms with Crippen LogP contribution in [-0.4, -0.2) is 7.11 Å². The second-order valence-corrected chi connectivity index (χ2v) is 7.02. The van der Waals surface area contributed by atoms with Gasteiger partial charge in [0, 0.05) is 11.6 Å². The standard InChI is InChI=1S/C18H28N2O/c1-11-4-7-16(18(21-3)12(11)2)17(20-19)10-15-9-13-5-6-14(15)8-13/h4,7,13-15,17,20H,5-6,8-10,19H2,1-3H3. The van der Waals surface area contributed by atoms with Crippen LogP contribution in [-0.2, 0) is 0 Å². The van der Waals surface area contributed by atoms with Gasteiger partial charge in [-0.3, -0.25) is 11.3 Å². The Balaban J connectivity index is 1.81. The van der Waals surface area contributed by atoms with Crippen LogP contribution in [0.5, 0.6) is 5.75 Å². The Labute approximate surface area is 128 Å². The lowest BCUT2D eigenvalue weighted by molar-refractivity contribution is 0.276. The smallest absolute Gasteiger partial charge is 0.126 e. The van der Waals surface area contributed by atoms with Gasteiger partial charge in [0.05, 0.1) is 7.11 Å². The highest BCUT2D eigenvalue weighted by Crippen LogP contribution is 2.51. The number of methoxy groups -OCH3 is 1. The highest BCUT2D eigenvalue weighted by molar-refractivity contribution is 5.46. The number of aryl methyl sites for hydroxylation is 1. The van der Waals surface area contributed by atoms with Crippen molar-refractivity contribution in [3.05, 3.63) is 28.8 Å². The van der Waals surface area contributed by atoms with Crippen LogP contribution < -0.4 is 16.0 Å². The minimum atomic E-state index is 0.198. The fourth-order valence-electron chi connectivity index (χ4n) is 4.61. The summed E-state index contributed by atoms with van der Waals surface area (Å²) in [5, 5.41) is 0. The normalized spacial score (nSPS) is 28.9. The van der Waals surface area contributed by atoms with Gasteiger partial charge in [-0.2, -0.15) is 0 Å². The van der Waals surface area contributed by atoms with E-state index in [1.165, 1.54) is 42.4 Å². The maximum atomic E-state index is 5.89. The Hall–Kier alpha value is -1.06. The molecule has 0 spiro atoms. The van der Waals surface area contributed by atoms with Gasteiger partial charge in [0.1, 0.15) is 5.75 Å². The first-order valence-electron chi connectivity index (χ1n) is 8.24. The molecule has 2 aliphatic carbocycles. The molecule has 2 saturated carbocycles. The third-order valence-corrected chi connectivity index (χ3v) is 5.91. The van der Waals surface area contributed by atoms with E-state index in [0.29, 0.717) is 0 Å². The van der Waals surface area contributed by atoms with E-state index in [-0.39, 0.29) is 6.04 Å². The Kier molecular flexibility index (Phi) is 4.23. The van der Waals surface area contributed by atoms with E-state index in [1.54, 1.807) is 7.11 Å². The maximum Gasteiger partial charge on any atom is 0.126 e. The lowest BCUT2D eigenvalue weighted by Gasteiger charge is -2.28. The van der Waals surface area contributed by atoms with Gasteiger partial charge in [0.2, 0.25) is 0 Å². The first-order valence-corrected chi connectivity index (χ1v) is 8.24. The molecule has 1 aromatic carbocycles. The summed E-state index contributed by atoms with van der Waals surface area (Å²) in [5.41, 5.74) is 6.75. The van der Waals surface area contributed by atoms with Crippen molar-refractivity contribution >= 4 is 0 Å². The van der Waals surface area contributed by atoms with Crippen LogP contribution in [0, 0.1) is 31.6 Å². The first-order chi connectivity index (χ1) is 10.1. The Morgan fingerprint density at radius 2 is 2.10 bits per heavy atom. The van der Waals surface area contributed by atoms with E-state index in [2.05, 4.69) is 31.4 Å². The maximum absolute atomic E-state index is 5.89. The molecule has 0 saturated heterocycles. The van der Waals surface area contributed by atoms with Crippen LogP contribution in [0.2, 0.25) is 0 Å². The summed E-state index contributed by atoms with van der Waals surface area (Å²) in [6.45, 7) is 4.26. The third-order valence-electron chi connectivity index (χ3n) is 5.91. The zero-order valence-corrected chi connectivity index (χ0v) is 13.5. The van der Waals surface area contributed by atoms with Crippen molar-refractivity contribution in [2.75, 3.05) is 7.11 Å². The second-order valence-electron chi connectivity index (χ2n) is 7.02. The molecule has 3 rings (SSSR count). The highest BCUT2D eigenvalue weighted by atomic mass is 16.5. The number of rotatable bonds is 5. The van der Waals surface area contributed by atoms with Crippen LogP contribution in [0.3, 0.4) is 0 Å². The van der Waals surface area contributed by atoms with Crippen molar-refractivity contribution in [3.63, 3.8) is 0 Å². The SMILES string of the molecule is COc1c(C(CC2CC3CCC2C3)NN)ccc(C)c1C. The van der Waals surface area contributed by atoms with Crippen molar-refractivity contribution in [3.8, 4) is 5.75 Å². The topological polar surface area (TPSA) is 47.3 Å². The van der Waals surface area contributed by atoms with Crippen LogP contribution >= 0.6 is 0 Å². The average Bonchev–Trinajstić information content (AvgIpc) is 3.10. The highest BCUT2D eigenvalue weighted by Gasteiger charge is 2.40. The number of fused-ring (bicyclic) bond motifs is 2. The van der Waals surface area contributed by atoms with E-state index in [0.717, 1.165) is 29.9 Å². The average molecular weight is 288 g/mol. The summed E-state index contributed by atoms with van der Waals surface area (Å²) in [5.74, 6) is 9.64. The molecule has 3 heteroatoms. The number of nitrogens with two attached hydrogens (primary N) is 1. The summed E-state index contributed by atoms with van der Waals surface area (Å²) >= 11 is 0. The number of hydrogen-bond donors (Lipinski definition) is 2. The molecule has 2 bridgehead atoms. The van der Waals surface area contributed by atoms with Crippen molar-refractivity contribution in [2.24, 2.45) is 23.6 Å². The molecule has 0 amide bonds. The molecule has 3 N–H and O–H groups in total. The Morgan fingerprint density at radius 3 is 2.67 bits per heavy atom. The summed E-state index contributed by atoms with van der Waals surface area (Å²) in [7, 11) is 1.76. The van der Waals surface area contributed by atoms with Gasteiger partial charge in [-0.05, 0) is 68.4 Å². The number of hydrazine groups is 1. The van der Waals surface area contributed by atoms with Gasteiger partial charge in [-0.15, -0.1) is 0 Å². The monoisotopic (exact) mass is 288 g/mol.